The van der Waals surface area contributed by atoms with Gasteiger partial charge in [-0.3, -0.25) is 9.59 Å². The molecule has 1 fully saturated rings. The molecular weight excluding hydrogens is 400 g/mol. The lowest BCUT2D eigenvalue weighted by molar-refractivity contribution is -0.222. The molecule has 2 aliphatic rings. The number of ether oxygens (including phenoxy) is 5. The quantitative estimate of drug-likeness (QED) is 0.370. The smallest absolute Gasteiger partial charge is 0.405 e. The van der Waals surface area contributed by atoms with Crippen molar-refractivity contribution in [2.45, 2.75) is 71.2 Å². The summed E-state index contributed by atoms with van der Waals surface area (Å²) in [7, 11) is 1.34. The molecule has 0 aromatic carbocycles. The number of aliphatic imine (C=N–C) groups is 1. The van der Waals surface area contributed by atoms with Gasteiger partial charge in [0.2, 0.25) is 11.7 Å². The van der Waals surface area contributed by atoms with Gasteiger partial charge in [-0.25, -0.2) is 9.79 Å². The Labute approximate surface area is 174 Å². The first-order valence-electron chi connectivity index (χ1n) is 9.48. The van der Waals surface area contributed by atoms with E-state index in [4.69, 9.17) is 29.4 Å². The summed E-state index contributed by atoms with van der Waals surface area (Å²) in [6.07, 6.45) is -6.93. The average Bonchev–Trinajstić information content (AvgIpc) is 2.63. The normalized spacial score (nSPS) is 33.4. The first-order chi connectivity index (χ1) is 14.0. The van der Waals surface area contributed by atoms with E-state index in [-0.39, 0.29) is 23.3 Å². The van der Waals surface area contributed by atoms with Crippen molar-refractivity contribution >= 4 is 23.7 Å². The Bertz CT molecular complexity index is 757. The van der Waals surface area contributed by atoms with E-state index in [1.54, 1.807) is 20.8 Å². The fourth-order valence-electron chi connectivity index (χ4n) is 3.43. The zero-order valence-corrected chi connectivity index (χ0v) is 17.8. The van der Waals surface area contributed by atoms with E-state index in [9.17, 15) is 19.5 Å². The Kier molecular flexibility index (Phi) is 7.43. The highest BCUT2D eigenvalue weighted by Gasteiger charge is 2.52. The Morgan fingerprint density at radius 1 is 1.17 bits per heavy atom. The van der Waals surface area contributed by atoms with Crippen LogP contribution in [0, 0.1) is 5.92 Å². The summed E-state index contributed by atoms with van der Waals surface area (Å²) in [5.74, 6) is -1.62. The second kappa shape index (κ2) is 9.43. The van der Waals surface area contributed by atoms with Crippen molar-refractivity contribution in [2.24, 2.45) is 16.6 Å². The van der Waals surface area contributed by atoms with Crippen LogP contribution in [0.15, 0.2) is 16.4 Å². The van der Waals surface area contributed by atoms with Crippen LogP contribution in [-0.2, 0) is 33.3 Å². The minimum atomic E-state index is -1.09. The Morgan fingerprint density at radius 2 is 1.80 bits per heavy atom. The Hall–Kier alpha value is -2.66. The maximum absolute atomic E-state index is 12.6. The number of hydrogen-bond acceptors (Lipinski definition) is 10. The minimum absolute atomic E-state index is 0.0231. The molecule has 1 amide bonds. The second-order valence-electron chi connectivity index (χ2n) is 7.47. The van der Waals surface area contributed by atoms with Crippen LogP contribution in [0.2, 0.25) is 0 Å². The molecule has 0 spiro atoms. The van der Waals surface area contributed by atoms with Gasteiger partial charge in [-0.2, -0.15) is 0 Å². The highest BCUT2D eigenvalue weighted by molar-refractivity contribution is 6.05. The Morgan fingerprint density at radius 3 is 2.27 bits per heavy atom. The summed E-state index contributed by atoms with van der Waals surface area (Å²) >= 11 is 0. The van der Waals surface area contributed by atoms with Gasteiger partial charge in [-0.1, -0.05) is 13.8 Å². The molecule has 11 heteroatoms. The Balaban J connectivity index is 2.50. The molecule has 0 aromatic rings. The third kappa shape index (κ3) is 4.90. The van der Waals surface area contributed by atoms with E-state index in [0.717, 1.165) is 0 Å². The average molecular weight is 428 g/mol. The molecule has 0 radical (unpaired) electrons. The standard InChI is InChI=1S/C19H28N2O9/c1-7(2)13-12(24)11(8(3)22)21-18(29-13)17-15(26-6)16(28-10(5)23)14(9(4)27-17)30-19(20)25/h7,9,13-17,22H,1-6H3,(H2,20,25)/b11-8-. The van der Waals surface area contributed by atoms with Crippen molar-refractivity contribution in [3.63, 3.8) is 0 Å². The molecule has 1 saturated heterocycles. The van der Waals surface area contributed by atoms with Crippen LogP contribution in [0.1, 0.15) is 34.6 Å². The molecule has 168 valence electrons. The van der Waals surface area contributed by atoms with E-state index in [0.29, 0.717) is 0 Å². The van der Waals surface area contributed by atoms with Crippen molar-refractivity contribution in [3.05, 3.63) is 11.5 Å². The van der Waals surface area contributed by atoms with Gasteiger partial charge in [-0.05, 0) is 19.8 Å². The number of carbonyl (C=O) groups excluding carboxylic acids is 3. The minimum Gasteiger partial charge on any atom is -0.510 e. The van der Waals surface area contributed by atoms with E-state index in [1.165, 1.54) is 21.0 Å². The van der Waals surface area contributed by atoms with E-state index < -0.39 is 54.5 Å². The van der Waals surface area contributed by atoms with E-state index in [1.807, 2.05) is 0 Å². The number of rotatable bonds is 5. The van der Waals surface area contributed by atoms with Crippen LogP contribution in [-0.4, -0.2) is 72.6 Å². The van der Waals surface area contributed by atoms with Gasteiger partial charge < -0.3 is 34.5 Å². The number of Topliss-reactive ketones (excluding diaryl/α,β-unsaturated/α-hetero) is 1. The number of esters is 1. The van der Waals surface area contributed by atoms with Crippen molar-refractivity contribution in [1.29, 1.82) is 0 Å². The third-order valence-corrected chi connectivity index (χ3v) is 4.75. The number of ketones is 1. The lowest BCUT2D eigenvalue weighted by atomic mass is 9.93. The topological polar surface area (TPSA) is 156 Å². The van der Waals surface area contributed by atoms with Crippen LogP contribution in [0.4, 0.5) is 4.79 Å². The summed E-state index contributed by atoms with van der Waals surface area (Å²) in [5, 5.41) is 9.93. The SMILES string of the molecule is COC1C(C2=N/C(=C(/C)O)C(=O)C(C(C)C)O2)OC(C)C(OC(N)=O)C1OC(C)=O. The van der Waals surface area contributed by atoms with Gasteiger partial charge in [-0.15, -0.1) is 0 Å². The third-order valence-electron chi connectivity index (χ3n) is 4.75. The van der Waals surface area contributed by atoms with Gasteiger partial charge in [0.25, 0.3) is 0 Å². The monoisotopic (exact) mass is 428 g/mol. The van der Waals surface area contributed by atoms with Crippen LogP contribution in [0.5, 0.6) is 0 Å². The van der Waals surface area contributed by atoms with Crippen LogP contribution in [0.25, 0.3) is 0 Å². The summed E-state index contributed by atoms with van der Waals surface area (Å²) < 4.78 is 27.7. The number of aliphatic hydroxyl groups is 1. The van der Waals surface area contributed by atoms with Gasteiger partial charge in [0.15, 0.2) is 30.1 Å². The van der Waals surface area contributed by atoms with Gasteiger partial charge in [0.1, 0.15) is 11.9 Å². The molecular formula is C19H28N2O9. The molecule has 0 bridgehead atoms. The maximum Gasteiger partial charge on any atom is 0.405 e. The number of methoxy groups -OCH3 is 1. The highest BCUT2D eigenvalue weighted by atomic mass is 16.6. The molecule has 3 N–H and O–H groups in total. The number of hydrogen-bond donors (Lipinski definition) is 2. The lowest BCUT2D eigenvalue weighted by Crippen LogP contribution is -2.63. The highest BCUT2D eigenvalue weighted by Crippen LogP contribution is 2.32. The molecule has 2 heterocycles. The summed E-state index contributed by atoms with van der Waals surface area (Å²) in [4.78, 5) is 39.7. The van der Waals surface area contributed by atoms with Crippen LogP contribution >= 0.6 is 0 Å². The number of primary amides is 1. The van der Waals surface area contributed by atoms with Gasteiger partial charge in [0.05, 0.1) is 6.10 Å². The van der Waals surface area contributed by atoms with Crippen LogP contribution < -0.4 is 5.73 Å². The summed E-state index contributed by atoms with van der Waals surface area (Å²) in [5.41, 5.74) is 4.99. The van der Waals surface area contributed by atoms with Crippen molar-refractivity contribution in [3.8, 4) is 0 Å². The fraction of sp³-hybridized carbons (Fsp3) is 0.684. The first kappa shape index (κ1) is 23.6. The van der Waals surface area contributed by atoms with E-state index >= 15 is 0 Å². The van der Waals surface area contributed by atoms with Crippen molar-refractivity contribution < 1.29 is 43.2 Å². The van der Waals surface area contributed by atoms with Crippen LogP contribution in [0.3, 0.4) is 0 Å². The number of nitrogens with zero attached hydrogens (tertiary/aromatic N) is 1. The maximum atomic E-state index is 12.6. The molecule has 30 heavy (non-hydrogen) atoms. The molecule has 2 aliphatic heterocycles. The molecule has 6 unspecified atom stereocenters. The lowest BCUT2D eigenvalue weighted by Gasteiger charge is -2.44. The second-order valence-corrected chi connectivity index (χ2v) is 7.47. The fourth-order valence-corrected chi connectivity index (χ4v) is 3.43. The molecule has 2 rings (SSSR count). The molecule has 6 atom stereocenters. The van der Waals surface area contributed by atoms with Crippen molar-refractivity contribution in [2.75, 3.05) is 7.11 Å². The largest absolute Gasteiger partial charge is 0.510 e. The predicted octanol–water partition coefficient (Wildman–Crippen LogP) is 0.996. The molecule has 11 nitrogen and oxygen atoms in total. The summed E-state index contributed by atoms with van der Waals surface area (Å²) in [6.45, 7) is 7.69. The zero-order chi connectivity index (χ0) is 22.7. The van der Waals surface area contributed by atoms with Crippen molar-refractivity contribution in [1.82, 2.24) is 0 Å². The van der Waals surface area contributed by atoms with E-state index in [2.05, 4.69) is 4.99 Å². The number of nitrogens with two attached hydrogens (primary N) is 1. The number of amides is 1. The first-order valence-corrected chi connectivity index (χ1v) is 9.48. The molecule has 0 aromatic heterocycles. The number of aliphatic hydroxyl groups excluding tert-OH is 1. The summed E-state index contributed by atoms with van der Waals surface area (Å²) in [6, 6.07) is 0. The number of allylic oxidation sites excluding steroid dienone is 1. The van der Waals surface area contributed by atoms with Gasteiger partial charge >= 0.3 is 12.1 Å². The molecule has 0 saturated carbocycles. The zero-order valence-electron chi connectivity index (χ0n) is 17.8. The predicted molar refractivity (Wildman–Crippen MR) is 103 cm³/mol. The number of carbonyl (C=O) groups is 3. The molecule has 0 aliphatic carbocycles. The van der Waals surface area contributed by atoms with Gasteiger partial charge in [0, 0.05) is 14.0 Å².